The van der Waals surface area contributed by atoms with Crippen molar-refractivity contribution in [1.29, 1.82) is 0 Å². The Hall–Kier alpha value is -1.27. The number of alkyl halides is 3. The van der Waals surface area contributed by atoms with Gasteiger partial charge in [-0.1, -0.05) is 26.8 Å². The summed E-state index contributed by atoms with van der Waals surface area (Å²) >= 11 is 0. The predicted molar refractivity (Wildman–Crippen MR) is 115 cm³/mol. The molecule has 1 aromatic carbocycles. The number of aromatic hydroxyl groups is 1. The minimum atomic E-state index is -4.26. The van der Waals surface area contributed by atoms with Crippen LogP contribution < -0.4 is 0 Å². The van der Waals surface area contributed by atoms with Gasteiger partial charge < -0.3 is 14.6 Å². The summed E-state index contributed by atoms with van der Waals surface area (Å²) < 4.78 is 47.2. The second-order valence-corrected chi connectivity index (χ2v) is 9.30. The summed E-state index contributed by atoms with van der Waals surface area (Å²) in [6, 6.07) is 5.87. The quantitative estimate of drug-likeness (QED) is 0.503. The van der Waals surface area contributed by atoms with Crippen molar-refractivity contribution in [3.8, 4) is 5.75 Å². The van der Waals surface area contributed by atoms with E-state index in [1.165, 1.54) is 24.0 Å². The van der Waals surface area contributed by atoms with Gasteiger partial charge in [0, 0.05) is 13.2 Å². The van der Waals surface area contributed by atoms with Crippen molar-refractivity contribution in [3.63, 3.8) is 0 Å². The van der Waals surface area contributed by atoms with Crippen LogP contribution >= 0.6 is 0 Å². The highest BCUT2D eigenvalue weighted by atomic mass is 19.4. The van der Waals surface area contributed by atoms with Crippen LogP contribution in [0.4, 0.5) is 13.2 Å². The molecule has 0 amide bonds. The summed E-state index contributed by atoms with van der Waals surface area (Å²) in [5, 5.41) is 9.81. The Labute approximate surface area is 184 Å². The van der Waals surface area contributed by atoms with Gasteiger partial charge in [-0.25, -0.2) is 0 Å². The summed E-state index contributed by atoms with van der Waals surface area (Å²) in [6.45, 7) is 5.72. The predicted octanol–water partition coefficient (Wildman–Crippen LogP) is 6.63. The van der Waals surface area contributed by atoms with Gasteiger partial charge in [-0.15, -0.1) is 0 Å². The molecule has 5 atom stereocenters. The molecule has 0 aliphatic heterocycles. The Kier molecular flexibility index (Phi) is 7.95. The third kappa shape index (κ3) is 5.39. The number of halogens is 3. The van der Waals surface area contributed by atoms with Crippen LogP contribution in [0.5, 0.6) is 5.75 Å². The first kappa shape index (κ1) is 24.4. The molecule has 0 aromatic heterocycles. The molecule has 176 valence electrons. The van der Waals surface area contributed by atoms with Gasteiger partial charge in [-0.2, -0.15) is 13.2 Å². The number of hydrogen-bond acceptors (Lipinski definition) is 3. The maximum absolute atomic E-state index is 12.1. The zero-order valence-electron chi connectivity index (χ0n) is 19.0. The molecular weight excluding hydrogens is 405 g/mol. The van der Waals surface area contributed by atoms with E-state index in [9.17, 15) is 18.3 Å². The number of benzene rings is 1. The molecule has 3 nitrogen and oxygen atoms in total. The molecule has 6 heteroatoms. The van der Waals surface area contributed by atoms with Gasteiger partial charge in [-0.3, -0.25) is 0 Å². The molecule has 0 spiro atoms. The van der Waals surface area contributed by atoms with E-state index in [2.05, 4.69) is 17.7 Å². The second kappa shape index (κ2) is 10.1. The SMILES string of the molecule is CC.CC12CCC3c4ccc(O)cc4CCC3C1CCC2OCCCOCC(F)(F)F. The lowest BCUT2D eigenvalue weighted by Crippen LogP contribution is -2.44. The van der Waals surface area contributed by atoms with Crippen LogP contribution in [0.3, 0.4) is 0 Å². The fourth-order valence-electron chi connectivity index (χ4n) is 6.37. The van der Waals surface area contributed by atoms with Crippen LogP contribution in [-0.4, -0.2) is 37.2 Å². The molecule has 4 rings (SSSR count). The zero-order valence-corrected chi connectivity index (χ0v) is 19.0. The summed E-state index contributed by atoms with van der Waals surface area (Å²) in [7, 11) is 0. The smallest absolute Gasteiger partial charge is 0.411 e. The van der Waals surface area contributed by atoms with Gasteiger partial charge in [0.25, 0.3) is 0 Å². The van der Waals surface area contributed by atoms with Crippen molar-refractivity contribution in [2.24, 2.45) is 17.3 Å². The molecule has 0 heterocycles. The Morgan fingerprint density at radius 3 is 2.61 bits per heavy atom. The minimum Gasteiger partial charge on any atom is -0.508 e. The molecule has 2 saturated carbocycles. The fraction of sp³-hybridized carbons (Fsp3) is 0.760. The molecule has 1 aromatic rings. The van der Waals surface area contributed by atoms with Crippen LogP contribution in [0.25, 0.3) is 0 Å². The highest BCUT2D eigenvalue weighted by molar-refractivity contribution is 5.40. The highest BCUT2D eigenvalue weighted by Crippen LogP contribution is 2.61. The average Bonchev–Trinajstić information content (AvgIpc) is 3.07. The number of rotatable bonds is 6. The largest absolute Gasteiger partial charge is 0.508 e. The topological polar surface area (TPSA) is 38.7 Å². The molecule has 0 bridgehead atoms. The molecule has 1 N–H and O–H groups in total. The number of ether oxygens (including phenoxy) is 2. The Morgan fingerprint density at radius 2 is 1.87 bits per heavy atom. The third-order valence-electron chi connectivity index (χ3n) is 7.64. The first-order chi connectivity index (χ1) is 14.8. The van der Waals surface area contributed by atoms with E-state index in [0.29, 0.717) is 36.5 Å². The first-order valence-corrected chi connectivity index (χ1v) is 11.9. The first-order valence-electron chi connectivity index (χ1n) is 11.9. The minimum absolute atomic E-state index is 0.0840. The van der Waals surface area contributed by atoms with E-state index in [-0.39, 0.29) is 18.1 Å². The Morgan fingerprint density at radius 1 is 1.10 bits per heavy atom. The zero-order chi connectivity index (χ0) is 22.6. The van der Waals surface area contributed by atoms with E-state index < -0.39 is 12.8 Å². The fourth-order valence-corrected chi connectivity index (χ4v) is 6.37. The average molecular weight is 443 g/mol. The molecule has 0 radical (unpaired) electrons. The molecule has 3 aliphatic rings. The number of aryl methyl sites for hydroxylation is 1. The van der Waals surface area contributed by atoms with E-state index >= 15 is 0 Å². The molecule has 3 aliphatic carbocycles. The lowest BCUT2D eigenvalue weighted by molar-refractivity contribution is -0.175. The van der Waals surface area contributed by atoms with Gasteiger partial charge >= 0.3 is 6.18 Å². The van der Waals surface area contributed by atoms with Crippen LogP contribution in [0.1, 0.15) is 76.3 Å². The molecular formula is C25H37F3O3. The summed E-state index contributed by atoms with van der Waals surface area (Å²) in [4.78, 5) is 0. The van der Waals surface area contributed by atoms with Crippen molar-refractivity contribution < 1.29 is 27.8 Å². The molecule has 2 fully saturated rings. The van der Waals surface area contributed by atoms with Gasteiger partial charge in [0.1, 0.15) is 12.4 Å². The standard InChI is InChI=1S/C23H31F3O3.C2H6/c1-22-10-9-18-17-6-4-16(27)13-15(17)3-5-19(18)20(22)7-8-21(22)29-12-2-11-28-14-23(24,25)26;1-2/h4,6,13,18-21,27H,2-3,5,7-12,14H2,1H3;1-2H3. The molecule has 31 heavy (non-hydrogen) atoms. The van der Waals surface area contributed by atoms with Gasteiger partial charge in [0.15, 0.2) is 0 Å². The van der Waals surface area contributed by atoms with Gasteiger partial charge in [0.05, 0.1) is 6.10 Å². The van der Waals surface area contributed by atoms with E-state index in [1.807, 2.05) is 26.0 Å². The van der Waals surface area contributed by atoms with E-state index in [1.54, 1.807) is 0 Å². The van der Waals surface area contributed by atoms with Gasteiger partial charge in [-0.05, 0) is 91.4 Å². The van der Waals surface area contributed by atoms with Crippen LogP contribution in [0.2, 0.25) is 0 Å². The van der Waals surface area contributed by atoms with Crippen LogP contribution in [0.15, 0.2) is 18.2 Å². The third-order valence-corrected chi connectivity index (χ3v) is 7.64. The molecule has 5 unspecified atom stereocenters. The lowest BCUT2D eigenvalue weighted by atomic mass is 9.55. The van der Waals surface area contributed by atoms with Crippen LogP contribution in [0, 0.1) is 17.3 Å². The monoisotopic (exact) mass is 442 g/mol. The summed E-state index contributed by atoms with van der Waals surface area (Å²) in [6.07, 6.45) is 3.09. The van der Waals surface area contributed by atoms with E-state index in [4.69, 9.17) is 4.74 Å². The van der Waals surface area contributed by atoms with Crippen LogP contribution in [-0.2, 0) is 15.9 Å². The number of phenolic OH excluding ortho intramolecular Hbond substituents is 1. The van der Waals surface area contributed by atoms with Gasteiger partial charge in [0.2, 0.25) is 0 Å². The lowest BCUT2D eigenvalue weighted by Gasteiger charge is -2.50. The van der Waals surface area contributed by atoms with Crippen molar-refractivity contribution in [1.82, 2.24) is 0 Å². The second-order valence-electron chi connectivity index (χ2n) is 9.30. The number of fused-ring (bicyclic) bond motifs is 5. The van der Waals surface area contributed by atoms with Crippen molar-refractivity contribution in [2.75, 3.05) is 19.8 Å². The van der Waals surface area contributed by atoms with Crippen molar-refractivity contribution in [3.05, 3.63) is 29.3 Å². The number of hydrogen-bond donors (Lipinski definition) is 1. The summed E-state index contributed by atoms with van der Waals surface area (Å²) in [5.74, 6) is 2.23. The Balaban J connectivity index is 0.00000132. The maximum atomic E-state index is 12.1. The van der Waals surface area contributed by atoms with E-state index in [0.717, 1.165) is 25.7 Å². The normalized spacial score (nSPS) is 31.8. The maximum Gasteiger partial charge on any atom is 0.411 e. The van der Waals surface area contributed by atoms with Crippen molar-refractivity contribution in [2.45, 2.75) is 83.9 Å². The Bertz CT molecular complexity index is 720. The highest BCUT2D eigenvalue weighted by Gasteiger charge is 2.55. The molecule has 0 saturated heterocycles. The summed E-state index contributed by atoms with van der Waals surface area (Å²) in [5.41, 5.74) is 2.88. The van der Waals surface area contributed by atoms with Crippen molar-refractivity contribution >= 4 is 0 Å². The number of phenols is 1.